The van der Waals surface area contributed by atoms with Crippen LogP contribution < -0.4 is 5.32 Å². The van der Waals surface area contributed by atoms with Crippen LogP contribution in [0.4, 0.5) is 0 Å². The van der Waals surface area contributed by atoms with Gasteiger partial charge >= 0.3 is 0 Å². The Morgan fingerprint density at radius 1 is 1.37 bits per heavy atom. The van der Waals surface area contributed by atoms with Crippen molar-refractivity contribution in [2.24, 2.45) is 5.92 Å². The topological polar surface area (TPSA) is 29.1 Å². The molecule has 1 aromatic rings. The van der Waals surface area contributed by atoms with E-state index in [-0.39, 0.29) is 5.91 Å². The van der Waals surface area contributed by atoms with Gasteiger partial charge in [-0.2, -0.15) is 0 Å². The molecule has 4 heteroatoms. The lowest BCUT2D eigenvalue weighted by Gasteiger charge is -2.27. The highest BCUT2D eigenvalue weighted by atomic mass is 35.5. The summed E-state index contributed by atoms with van der Waals surface area (Å²) >= 11 is 11.9. The molecule has 0 saturated heterocycles. The van der Waals surface area contributed by atoms with E-state index in [0.717, 1.165) is 18.4 Å². The lowest BCUT2D eigenvalue weighted by molar-refractivity contribution is -0.121. The first kappa shape index (κ1) is 14.7. The highest BCUT2D eigenvalue weighted by molar-refractivity contribution is 6.35. The van der Waals surface area contributed by atoms with Gasteiger partial charge in [-0.15, -0.1) is 0 Å². The van der Waals surface area contributed by atoms with E-state index in [9.17, 15) is 4.79 Å². The summed E-state index contributed by atoms with van der Waals surface area (Å²) in [6, 6.07) is 5.57. The molecule has 0 aromatic heterocycles. The zero-order valence-electron chi connectivity index (χ0n) is 11.1. The minimum absolute atomic E-state index is 0.0447. The van der Waals surface area contributed by atoms with Crippen molar-refractivity contribution in [3.63, 3.8) is 0 Å². The number of amides is 1. The Hall–Kier alpha value is -0.730. The second-order valence-corrected chi connectivity index (χ2v) is 6.29. The van der Waals surface area contributed by atoms with Crippen molar-refractivity contribution >= 4 is 29.1 Å². The predicted molar refractivity (Wildman–Crippen MR) is 79.7 cm³/mol. The van der Waals surface area contributed by atoms with E-state index in [0.29, 0.717) is 28.4 Å². The first-order chi connectivity index (χ1) is 9.04. The lowest BCUT2D eigenvalue weighted by Crippen LogP contribution is -2.38. The number of hydrogen-bond acceptors (Lipinski definition) is 1. The monoisotopic (exact) mass is 299 g/mol. The van der Waals surface area contributed by atoms with Crippen molar-refractivity contribution in [2.45, 2.75) is 45.1 Å². The Balaban J connectivity index is 1.90. The fourth-order valence-electron chi connectivity index (χ4n) is 2.68. The normalized spacial score (nSPS) is 23.1. The van der Waals surface area contributed by atoms with Crippen molar-refractivity contribution in [3.8, 4) is 0 Å². The molecule has 2 rings (SSSR count). The van der Waals surface area contributed by atoms with Crippen LogP contribution in [0.25, 0.3) is 0 Å². The molecule has 0 aliphatic heterocycles. The van der Waals surface area contributed by atoms with Gasteiger partial charge in [0.15, 0.2) is 0 Å². The van der Waals surface area contributed by atoms with E-state index >= 15 is 0 Å². The van der Waals surface area contributed by atoms with Crippen molar-refractivity contribution in [1.29, 1.82) is 0 Å². The van der Waals surface area contributed by atoms with Crippen LogP contribution in [0, 0.1) is 5.92 Å². The van der Waals surface area contributed by atoms with Crippen LogP contribution in [0.1, 0.15) is 38.2 Å². The number of halogens is 2. The molecule has 2 unspecified atom stereocenters. The molecule has 1 saturated carbocycles. The first-order valence-corrected chi connectivity index (χ1v) is 7.53. The molecule has 1 aromatic carbocycles. The maximum Gasteiger partial charge on any atom is 0.224 e. The minimum atomic E-state index is 0.0447. The van der Waals surface area contributed by atoms with Gasteiger partial charge in [-0.3, -0.25) is 4.79 Å². The summed E-state index contributed by atoms with van der Waals surface area (Å²) in [4.78, 5) is 12.0. The Labute approximate surface area is 124 Å². The number of carbonyl (C=O) groups is 1. The van der Waals surface area contributed by atoms with Crippen molar-refractivity contribution in [1.82, 2.24) is 5.32 Å². The molecule has 1 N–H and O–H groups in total. The van der Waals surface area contributed by atoms with Gasteiger partial charge in [-0.05, 0) is 36.5 Å². The van der Waals surface area contributed by atoms with Crippen molar-refractivity contribution in [3.05, 3.63) is 33.8 Å². The summed E-state index contributed by atoms with van der Waals surface area (Å²) in [6.07, 6.45) is 4.97. The van der Waals surface area contributed by atoms with E-state index in [1.165, 1.54) is 12.8 Å². The standard InChI is InChI=1S/C15H19Cl2NO/c1-10-3-2-4-13(7-10)18-15(19)8-11-5-6-12(16)9-14(11)17/h5-6,9-10,13H,2-4,7-8H2,1H3,(H,18,19). The summed E-state index contributed by atoms with van der Waals surface area (Å²) in [7, 11) is 0. The van der Waals surface area contributed by atoms with Gasteiger partial charge in [-0.1, -0.05) is 49.0 Å². The zero-order valence-corrected chi connectivity index (χ0v) is 12.6. The van der Waals surface area contributed by atoms with Crippen LogP contribution >= 0.6 is 23.2 Å². The molecule has 0 radical (unpaired) electrons. The van der Waals surface area contributed by atoms with Crippen LogP contribution in [-0.2, 0) is 11.2 Å². The van der Waals surface area contributed by atoms with Gasteiger partial charge in [-0.25, -0.2) is 0 Å². The zero-order chi connectivity index (χ0) is 13.8. The van der Waals surface area contributed by atoms with Gasteiger partial charge in [0.2, 0.25) is 5.91 Å². The Kier molecular flexibility index (Phi) is 5.12. The minimum Gasteiger partial charge on any atom is -0.353 e. The lowest BCUT2D eigenvalue weighted by atomic mass is 9.87. The maximum atomic E-state index is 12.0. The summed E-state index contributed by atoms with van der Waals surface area (Å²) in [5.74, 6) is 0.751. The molecule has 104 valence electrons. The van der Waals surface area contributed by atoms with E-state index in [1.54, 1.807) is 12.1 Å². The average Bonchev–Trinajstić information content (AvgIpc) is 2.33. The summed E-state index contributed by atoms with van der Waals surface area (Å²) < 4.78 is 0. The van der Waals surface area contributed by atoms with Crippen LogP contribution in [0.3, 0.4) is 0 Å². The third-order valence-electron chi connectivity index (χ3n) is 3.67. The molecule has 0 spiro atoms. The summed E-state index contributed by atoms with van der Waals surface area (Å²) in [5, 5.41) is 4.26. The fraction of sp³-hybridized carbons (Fsp3) is 0.533. The summed E-state index contributed by atoms with van der Waals surface area (Å²) in [6.45, 7) is 2.24. The van der Waals surface area contributed by atoms with E-state index in [1.807, 2.05) is 6.07 Å². The van der Waals surface area contributed by atoms with Crippen LogP contribution in [-0.4, -0.2) is 11.9 Å². The third kappa shape index (κ3) is 4.39. The molecule has 2 nitrogen and oxygen atoms in total. The third-order valence-corrected chi connectivity index (χ3v) is 4.25. The molecule has 1 fully saturated rings. The van der Waals surface area contributed by atoms with E-state index < -0.39 is 0 Å². The first-order valence-electron chi connectivity index (χ1n) is 6.78. The molecule has 0 heterocycles. The molecule has 0 bridgehead atoms. The van der Waals surface area contributed by atoms with Gasteiger partial charge in [0.1, 0.15) is 0 Å². The second-order valence-electron chi connectivity index (χ2n) is 5.45. The molecule has 2 atom stereocenters. The van der Waals surface area contributed by atoms with Gasteiger partial charge < -0.3 is 5.32 Å². The molecule has 19 heavy (non-hydrogen) atoms. The largest absolute Gasteiger partial charge is 0.353 e. The number of hydrogen-bond donors (Lipinski definition) is 1. The highest BCUT2D eigenvalue weighted by Gasteiger charge is 2.20. The number of carbonyl (C=O) groups excluding carboxylic acids is 1. The average molecular weight is 300 g/mol. The SMILES string of the molecule is CC1CCCC(NC(=O)Cc2ccc(Cl)cc2Cl)C1. The number of benzene rings is 1. The Bertz CT molecular complexity index is 461. The molecular formula is C15H19Cl2NO. The second kappa shape index (κ2) is 6.62. The quantitative estimate of drug-likeness (QED) is 0.889. The number of nitrogens with one attached hydrogen (secondary N) is 1. The van der Waals surface area contributed by atoms with Gasteiger partial charge in [0.05, 0.1) is 6.42 Å². The van der Waals surface area contributed by atoms with Crippen molar-refractivity contribution < 1.29 is 4.79 Å². The van der Waals surface area contributed by atoms with E-state index in [2.05, 4.69) is 12.2 Å². The van der Waals surface area contributed by atoms with Gasteiger partial charge in [0, 0.05) is 16.1 Å². The predicted octanol–water partition coefficient (Wildman–Crippen LogP) is 4.23. The van der Waals surface area contributed by atoms with E-state index in [4.69, 9.17) is 23.2 Å². The molecule has 1 aliphatic carbocycles. The van der Waals surface area contributed by atoms with Crippen LogP contribution in [0.15, 0.2) is 18.2 Å². The van der Waals surface area contributed by atoms with Gasteiger partial charge in [0.25, 0.3) is 0 Å². The van der Waals surface area contributed by atoms with Crippen LogP contribution in [0.2, 0.25) is 10.0 Å². The number of rotatable bonds is 3. The van der Waals surface area contributed by atoms with Crippen molar-refractivity contribution in [2.75, 3.05) is 0 Å². The molecular weight excluding hydrogens is 281 g/mol. The fourth-order valence-corrected chi connectivity index (χ4v) is 3.16. The maximum absolute atomic E-state index is 12.0. The summed E-state index contributed by atoms with van der Waals surface area (Å²) in [5.41, 5.74) is 0.826. The molecule has 1 amide bonds. The molecule has 1 aliphatic rings. The highest BCUT2D eigenvalue weighted by Crippen LogP contribution is 2.24. The smallest absolute Gasteiger partial charge is 0.224 e. The Morgan fingerprint density at radius 2 is 2.16 bits per heavy atom. The van der Waals surface area contributed by atoms with Crippen LogP contribution in [0.5, 0.6) is 0 Å². The Morgan fingerprint density at radius 3 is 2.84 bits per heavy atom.